The highest BCUT2D eigenvalue weighted by atomic mass is 32.3. The van der Waals surface area contributed by atoms with E-state index in [9.17, 15) is 16.8 Å². The SMILES string of the molecule is COS(=O)(=O)Oc1ccc(C(C)(C)c2ccc(OS(=O)(=O)OC)c(C(C)C)c2)cc1C(C)C. The van der Waals surface area contributed by atoms with Crippen LogP contribution in [0.3, 0.4) is 0 Å². The quantitative estimate of drug-likeness (QED) is 0.458. The molecule has 184 valence electrons. The fraction of sp³-hybridized carbons (Fsp3) is 0.478. The molecule has 2 aromatic rings. The maximum absolute atomic E-state index is 11.8. The second-order valence-electron chi connectivity index (χ2n) is 8.76. The Morgan fingerprint density at radius 1 is 0.667 bits per heavy atom. The summed E-state index contributed by atoms with van der Waals surface area (Å²) >= 11 is 0. The Bertz CT molecular complexity index is 1100. The molecule has 33 heavy (non-hydrogen) atoms. The second kappa shape index (κ2) is 10.0. The van der Waals surface area contributed by atoms with Crippen molar-refractivity contribution in [3.05, 3.63) is 58.7 Å². The summed E-state index contributed by atoms with van der Waals surface area (Å²) in [6.07, 6.45) is 0. The first-order chi connectivity index (χ1) is 15.1. The molecule has 0 radical (unpaired) electrons. The highest BCUT2D eigenvalue weighted by Crippen LogP contribution is 2.39. The van der Waals surface area contributed by atoms with Crippen molar-refractivity contribution in [3.63, 3.8) is 0 Å². The van der Waals surface area contributed by atoms with Crippen molar-refractivity contribution in [2.45, 2.75) is 58.8 Å². The van der Waals surface area contributed by atoms with Crippen LogP contribution in [0, 0.1) is 0 Å². The zero-order valence-electron chi connectivity index (χ0n) is 20.2. The molecular formula is C23H32O8S2. The van der Waals surface area contributed by atoms with Crippen LogP contribution in [0.15, 0.2) is 36.4 Å². The first-order valence-corrected chi connectivity index (χ1v) is 13.1. The van der Waals surface area contributed by atoms with Gasteiger partial charge in [0, 0.05) is 5.41 Å². The lowest BCUT2D eigenvalue weighted by Gasteiger charge is -2.29. The van der Waals surface area contributed by atoms with E-state index in [0.29, 0.717) is 0 Å². The summed E-state index contributed by atoms with van der Waals surface area (Å²) in [4.78, 5) is 0. The Morgan fingerprint density at radius 3 is 1.27 bits per heavy atom. The van der Waals surface area contributed by atoms with Crippen molar-refractivity contribution < 1.29 is 33.6 Å². The minimum Gasteiger partial charge on any atom is -0.361 e. The molecule has 2 rings (SSSR count). The van der Waals surface area contributed by atoms with Crippen LogP contribution in [0.4, 0.5) is 0 Å². The Kier molecular flexibility index (Phi) is 8.22. The molecule has 8 nitrogen and oxygen atoms in total. The fourth-order valence-corrected chi connectivity index (χ4v) is 4.26. The summed E-state index contributed by atoms with van der Waals surface area (Å²) in [6, 6.07) is 10.7. The maximum Gasteiger partial charge on any atom is 0.448 e. The van der Waals surface area contributed by atoms with Crippen LogP contribution >= 0.6 is 0 Å². The number of hydrogen-bond acceptors (Lipinski definition) is 8. The third-order valence-electron chi connectivity index (χ3n) is 5.50. The van der Waals surface area contributed by atoms with Crippen molar-refractivity contribution in [1.82, 2.24) is 0 Å². The van der Waals surface area contributed by atoms with E-state index < -0.39 is 26.2 Å². The van der Waals surface area contributed by atoms with Crippen molar-refractivity contribution in [3.8, 4) is 11.5 Å². The highest BCUT2D eigenvalue weighted by molar-refractivity contribution is 7.82. The minimum atomic E-state index is -4.14. The number of rotatable bonds is 10. The largest absolute Gasteiger partial charge is 0.448 e. The van der Waals surface area contributed by atoms with Crippen LogP contribution in [0.2, 0.25) is 0 Å². The predicted octanol–water partition coefficient (Wildman–Crippen LogP) is 4.80. The van der Waals surface area contributed by atoms with Crippen molar-refractivity contribution in [2.24, 2.45) is 0 Å². The van der Waals surface area contributed by atoms with Gasteiger partial charge in [-0.15, -0.1) is 0 Å². The summed E-state index contributed by atoms with van der Waals surface area (Å²) in [5.74, 6) is 0.402. The molecule has 0 saturated carbocycles. The van der Waals surface area contributed by atoms with Gasteiger partial charge in [-0.05, 0) is 46.2 Å². The summed E-state index contributed by atoms with van der Waals surface area (Å²) < 4.78 is 66.2. The predicted molar refractivity (Wildman–Crippen MR) is 126 cm³/mol. The molecule has 2 aromatic carbocycles. The van der Waals surface area contributed by atoms with Gasteiger partial charge in [-0.2, -0.15) is 16.8 Å². The van der Waals surface area contributed by atoms with Crippen LogP contribution in [0.5, 0.6) is 11.5 Å². The zero-order chi connectivity index (χ0) is 25.2. The molecule has 0 amide bonds. The number of hydrogen-bond donors (Lipinski definition) is 0. The van der Waals surface area contributed by atoms with E-state index in [1.54, 1.807) is 24.3 Å². The fourth-order valence-electron chi connectivity index (χ4n) is 3.38. The third-order valence-corrected chi connectivity index (χ3v) is 7.08. The van der Waals surface area contributed by atoms with E-state index in [0.717, 1.165) is 36.5 Å². The van der Waals surface area contributed by atoms with Gasteiger partial charge in [-0.1, -0.05) is 65.8 Å². The average molecular weight is 501 g/mol. The van der Waals surface area contributed by atoms with Gasteiger partial charge in [-0.3, -0.25) is 0 Å². The van der Waals surface area contributed by atoms with E-state index in [2.05, 4.69) is 8.37 Å². The van der Waals surface area contributed by atoms with Crippen molar-refractivity contribution in [2.75, 3.05) is 14.2 Å². The van der Waals surface area contributed by atoms with Gasteiger partial charge in [0.1, 0.15) is 11.5 Å². The molecule has 0 heterocycles. The second-order valence-corrected chi connectivity index (χ2v) is 11.4. The Labute approximate surface area is 197 Å². The lowest BCUT2D eigenvalue weighted by atomic mass is 9.76. The number of benzene rings is 2. The van der Waals surface area contributed by atoms with Gasteiger partial charge < -0.3 is 8.37 Å². The molecule has 0 aliphatic rings. The monoisotopic (exact) mass is 500 g/mol. The Morgan fingerprint density at radius 2 is 1.00 bits per heavy atom. The maximum atomic E-state index is 11.8. The summed E-state index contributed by atoms with van der Waals surface area (Å²) in [5.41, 5.74) is 2.81. The van der Waals surface area contributed by atoms with E-state index in [1.165, 1.54) is 0 Å². The summed E-state index contributed by atoms with van der Waals surface area (Å²) in [6.45, 7) is 11.8. The molecule has 0 fully saturated rings. The van der Waals surface area contributed by atoms with E-state index in [4.69, 9.17) is 8.37 Å². The van der Waals surface area contributed by atoms with Gasteiger partial charge in [-0.25, -0.2) is 8.37 Å². The van der Waals surface area contributed by atoms with Gasteiger partial charge in [0.15, 0.2) is 0 Å². The Balaban J connectivity index is 2.56. The molecule has 0 aliphatic heterocycles. The first-order valence-electron chi connectivity index (χ1n) is 10.4. The molecule has 0 spiro atoms. The molecule has 10 heteroatoms. The van der Waals surface area contributed by atoms with Crippen LogP contribution in [0.25, 0.3) is 0 Å². The van der Waals surface area contributed by atoms with E-state index in [-0.39, 0.29) is 23.3 Å². The first kappa shape index (κ1) is 27.1. The average Bonchev–Trinajstić information content (AvgIpc) is 2.73. The lowest BCUT2D eigenvalue weighted by molar-refractivity contribution is 0.327. The van der Waals surface area contributed by atoms with Crippen molar-refractivity contribution in [1.29, 1.82) is 0 Å². The van der Waals surface area contributed by atoms with Gasteiger partial charge in [0.2, 0.25) is 0 Å². The third kappa shape index (κ3) is 6.47. The summed E-state index contributed by atoms with van der Waals surface area (Å²) in [5, 5.41) is 0. The van der Waals surface area contributed by atoms with Gasteiger partial charge >= 0.3 is 20.8 Å². The van der Waals surface area contributed by atoms with E-state index in [1.807, 2.05) is 53.7 Å². The van der Waals surface area contributed by atoms with Crippen LogP contribution < -0.4 is 8.37 Å². The van der Waals surface area contributed by atoms with E-state index >= 15 is 0 Å². The van der Waals surface area contributed by atoms with Crippen LogP contribution in [-0.2, 0) is 34.6 Å². The van der Waals surface area contributed by atoms with Gasteiger partial charge in [0.25, 0.3) is 0 Å². The lowest BCUT2D eigenvalue weighted by Crippen LogP contribution is -2.21. The smallest absolute Gasteiger partial charge is 0.361 e. The standard InChI is InChI=1S/C23H32O8S2/c1-15(2)19-13-17(9-11-21(19)30-32(24,25)28-7)23(5,6)18-10-12-22(20(14-18)16(3)4)31-33(26,27)29-8/h9-16H,1-8H3. The zero-order valence-corrected chi connectivity index (χ0v) is 21.8. The topological polar surface area (TPSA) is 105 Å². The minimum absolute atomic E-state index is 0.0101. The summed E-state index contributed by atoms with van der Waals surface area (Å²) in [7, 11) is -6.20. The van der Waals surface area contributed by atoms with Crippen LogP contribution in [-0.4, -0.2) is 31.1 Å². The molecule has 0 N–H and O–H groups in total. The highest BCUT2D eigenvalue weighted by Gasteiger charge is 2.28. The normalized spacial score (nSPS) is 12.9. The molecule has 0 aromatic heterocycles. The molecule has 0 bridgehead atoms. The van der Waals surface area contributed by atoms with Crippen LogP contribution in [0.1, 0.15) is 75.6 Å². The molecule has 0 atom stereocenters. The van der Waals surface area contributed by atoms with Crippen molar-refractivity contribution >= 4 is 20.8 Å². The Hall–Kier alpha value is -2.14. The molecule has 0 aliphatic carbocycles. The molecular weight excluding hydrogens is 468 g/mol. The molecule has 0 saturated heterocycles. The molecule has 0 unspecified atom stereocenters. The van der Waals surface area contributed by atoms with Gasteiger partial charge in [0.05, 0.1) is 14.2 Å².